The van der Waals surface area contributed by atoms with Crippen LogP contribution in [0.2, 0.25) is 5.02 Å². The third kappa shape index (κ3) is 5.37. The minimum absolute atomic E-state index is 0.260. The second-order valence-corrected chi connectivity index (χ2v) is 9.46. The van der Waals surface area contributed by atoms with Gasteiger partial charge in [0.25, 0.3) is 0 Å². The highest BCUT2D eigenvalue weighted by molar-refractivity contribution is 6.30. The molecule has 1 aromatic heterocycles. The number of aryl methyl sites for hydroxylation is 1. The van der Waals surface area contributed by atoms with Gasteiger partial charge in [-0.2, -0.15) is 0 Å². The van der Waals surface area contributed by atoms with E-state index in [9.17, 15) is 0 Å². The van der Waals surface area contributed by atoms with Gasteiger partial charge in [0.05, 0.1) is 6.04 Å². The fourth-order valence-electron chi connectivity index (χ4n) is 5.15. The van der Waals surface area contributed by atoms with Gasteiger partial charge >= 0.3 is 0 Å². The molecule has 2 aromatic carbocycles. The van der Waals surface area contributed by atoms with Crippen LogP contribution in [0.15, 0.2) is 60.9 Å². The van der Waals surface area contributed by atoms with E-state index >= 15 is 0 Å². The number of anilines is 1. The summed E-state index contributed by atoms with van der Waals surface area (Å²) in [6.45, 7) is 6.18. The summed E-state index contributed by atoms with van der Waals surface area (Å²) in [6.07, 6.45) is 6.39. The minimum atomic E-state index is 0.260. The standard InChI is InChI=1S/C27H32ClN5/c28-23-12-10-22(11-13-23)26(21-6-2-1-3-7-21)33-18-16-32(17-19-33)15-14-29-27-24-8-4-5-9-25(24)30-20-31-27/h1-3,6-7,10-13,20,26H,4-5,8-9,14-19H2,(H,29,30,31). The quantitative estimate of drug-likeness (QED) is 0.546. The molecule has 1 N–H and O–H groups in total. The van der Waals surface area contributed by atoms with E-state index < -0.39 is 0 Å². The molecule has 1 atom stereocenters. The van der Waals surface area contributed by atoms with Crippen LogP contribution in [0, 0.1) is 0 Å². The fraction of sp³-hybridized carbons (Fsp3) is 0.407. The summed E-state index contributed by atoms with van der Waals surface area (Å²) in [5, 5.41) is 4.38. The molecule has 6 heteroatoms. The summed E-state index contributed by atoms with van der Waals surface area (Å²) in [4.78, 5) is 14.2. The molecular weight excluding hydrogens is 430 g/mol. The summed E-state index contributed by atoms with van der Waals surface area (Å²) < 4.78 is 0. The molecule has 1 aliphatic heterocycles. The number of nitrogens with zero attached hydrogens (tertiary/aromatic N) is 4. The first-order valence-electron chi connectivity index (χ1n) is 12.1. The molecule has 5 nitrogen and oxygen atoms in total. The van der Waals surface area contributed by atoms with Gasteiger partial charge in [-0.1, -0.05) is 54.1 Å². The van der Waals surface area contributed by atoms with E-state index in [0.29, 0.717) is 0 Å². The van der Waals surface area contributed by atoms with Crippen molar-refractivity contribution >= 4 is 17.4 Å². The molecule has 3 aromatic rings. The molecule has 1 fully saturated rings. The van der Waals surface area contributed by atoms with Gasteiger partial charge in [-0.15, -0.1) is 0 Å². The van der Waals surface area contributed by atoms with Crippen molar-refractivity contribution in [3.05, 3.63) is 88.3 Å². The van der Waals surface area contributed by atoms with Crippen LogP contribution in [0.3, 0.4) is 0 Å². The van der Waals surface area contributed by atoms with Crippen LogP contribution in [0.1, 0.15) is 41.3 Å². The van der Waals surface area contributed by atoms with Gasteiger partial charge in [0, 0.05) is 55.5 Å². The summed E-state index contributed by atoms with van der Waals surface area (Å²) >= 11 is 6.17. The van der Waals surface area contributed by atoms with Gasteiger partial charge in [0.15, 0.2) is 0 Å². The fourth-order valence-corrected chi connectivity index (χ4v) is 5.27. The Morgan fingerprint density at radius 3 is 2.36 bits per heavy atom. The van der Waals surface area contributed by atoms with E-state index in [1.807, 2.05) is 12.1 Å². The van der Waals surface area contributed by atoms with Crippen molar-refractivity contribution in [3.8, 4) is 0 Å². The van der Waals surface area contributed by atoms with Gasteiger partial charge in [-0.25, -0.2) is 9.97 Å². The van der Waals surface area contributed by atoms with Crippen LogP contribution in [-0.2, 0) is 12.8 Å². The number of hydrogen-bond acceptors (Lipinski definition) is 5. The Hall–Kier alpha value is -2.47. The van der Waals surface area contributed by atoms with E-state index in [0.717, 1.165) is 63.0 Å². The number of fused-ring (bicyclic) bond motifs is 1. The van der Waals surface area contributed by atoms with Gasteiger partial charge in [-0.3, -0.25) is 9.80 Å². The van der Waals surface area contributed by atoms with Crippen molar-refractivity contribution in [2.45, 2.75) is 31.7 Å². The highest BCUT2D eigenvalue weighted by Crippen LogP contribution is 2.30. The first kappa shape index (κ1) is 22.3. The molecule has 0 radical (unpaired) electrons. The van der Waals surface area contributed by atoms with E-state index in [4.69, 9.17) is 11.6 Å². The summed E-state index contributed by atoms with van der Waals surface area (Å²) in [6, 6.07) is 19.4. The van der Waals surface area contributed by atoms with E-state index in [-0.39, 0.29) is 6.04 Å². The number of piperazine rings is 1. The molecule has 5 rings (SSSR count). The van der Waals surface area contributed by atoms with Crippen LogP contribution in [0.5, 0.6) is 0 Å². The molecule has 1 saturated heterocycles. The second kappa shape index (κ2) is 10.6. The molecule has 2 heterocycles. The van der Waals surface area contributed by atoms with E-state index in [2.05, 4.69) is 67.5 Å². The summed E-state index contributed by atoms with van der Waals surface area (Å²) in [5.41, 5.74) is 5.21. The molecular formula is C27H32ClN5. The molecule has 0 saturated carbocycles. The smallest absolute Gasteiger partial charge is 0.132 e. The van der Waals surface area contributed by atoms with Crippen LogP contribution in [-0.4, -0.2) is 59.0 Å². The predicted octanol–water partition coefficient (Wildman–Crippen LogP) is 4.83. The van der Waals surface area contributed by atoms with Gasteiger partial charge in [-0.05, 0) is 48.9 Å². The van der Waals surface area contributed by atoms with Crippen molar-refractivity contribution in [2.75, 3.05) is 44.6 Å². The lowest BCUT2D eigenvalue weighted by atomic mass is 9.96. The number of halogens is 1. The van der Waals surface area contributed by atoms with Gasteiger partial charge in [0.1, 0.15) is 12.1 Å². The number of benzene rings is 2. The zero-order valence-corrected chi connectivity index (χ0v) is 19.8. The van der Waals surface area contributed by atoms with E-state index in [1.54, 1.807) is 6.33 Å². The summed E-state index contributed by atoms with van der Waals surface area (Å²) in [5.74, 6) is 1.05. The first-order valence-corrected chi connectivity index (χ1v) is 12.5. The topological polar surface area (TPSA) is 44.3 Å². The molecule has 0 amide bonds. The largest absolute Gasteiger partial charge is 0.368 e. The van der Waals surface area contributed by atoms with Crippen molar-refractivity contribution in [1.29, 1.82) is 0 Å². The van der Waals surface area contributed by atoms with Crippen molar-refractivity contribution < 1.29 is 0 Å². The highest BCUT2D eigenvalue weighted by Gasteiger charge is 2.26. The average Bonchev–Trinajstić information content (AvgIpc) is 2.87. The Kier molecular flexibility index (Phi) is 7.20. The van der Waals surface area contributed by atoms with E-state index in [1.165, 1.54) is 35.2 Å². The number of rotatable bonds is 7. The normalized spacial score (nSPS) is 18.0. The molecule has 1 unspecified atom stereocenters. The minimum Gasteiger partial charge on any atom is -0.368 e. The lowest BCUT2D eigenvalue weighted by Gasteiger charge is -2.40. The zero-order chi connectivity index (χ0) is 22.5. The first-order chi connectivity index (χ1) is 16.3. The molecule has 172 valence electrons. The van der Waals surface area contributed by atoms with Crippen molar-refractivity contribution in [1.82, 2.24) is 19.8 Å². The molecule has 1 aliphatic carbocycles. The summed E-state index contributed by atoms with van der Waals surface area (Å²) in [7, 11) is 0. The number of hydrogen-bond donors (Lipinski definition) is 1. The van der Waals surface area contributed by atoms with Crippen LogP contribution >= 0.6 is 11.6 Å². The Morgan fingerprint density at radius 2 is 1.58 bits per heavy atom. The Bertz CT molecular complexity index is 1030. The van der Waals surface area contributed by atoms with Gasteiger partial charge < -0.3 is 5.32 Å². The zero-order valence-electron chi connectivity index (χ0n) is 19.1. The maximum absolute atomic E-state index is 6.17. The molecule has 0 spiro atoms. The molecule has 33 heavy (non-hydrogen) atoms. The van der Waals surface area contributed by atoms with Crippen molar-refractivity contribution in [3.63, 3.8) is 0 Å². The van der Waals surface area contributed by atoms with Crippen LogP contribution in [0.4, 0.5) is 5.82 Å². The maximum atomic E-state index is 6.17. The van der Waals surface area contributed by atoms with Gasteiger partial charge in [0.2, 0.25) is 0 Å². The Balaban J connectivity index is 1.19. The third-order valence-electron chi connectivity index (χ3n) is 6.92. The third-order valence-corrected chi connectivity index (χ3v) is 7.17. The molecule has 0 bridgehead atoms. The van der Waals surface area contributed by atoms with Crippen LogP contribution in [0.25, 0.3) is 0 Å². The highest BCUT2D eigenvalue weighted by atomic mass is 35.5. The van der Waals surface area contributed by atoms with Crippen LogP contribution < -0.4 is 5.32 Å². The Labute approximate surface area is 201 Å². The number of nitrogens with one attached hydrogen (secondary N) is 1. The predicted molar refractivity (Wildman–Crippen MR) is 135 cm³/mol. The molecule has 2 aliphatic rings. The SMILES string of the molecule is Clc1ccc(C(c2ccccc2)N2CCN(CCNc3ncnc4c3CCCC4)CC2)cc1. The van der Waals surface area contributed by atoms with Crippen molar-refractivity contribution in [2.24, 2.45) is 0 Å². The maximum Gasteiger partial charge on any atom is 0.132 e. The Morgan fingerprint density at radius 1 is 0.848 bits per heavy atom. The lowest BCUT2D eigenvalue weighted by molar-refractivity contribution is 0.112. The number of aromatic nitrogens is 2. The lowest BCUT2D eigenvalue weighted by Crippen LogP contribution is -2.48. The second-order valence-electron chi connectivity index (χ2n) is 9.02. The monoisotopic (exact) mass is 461 g/mol. The average molecular weight is 462 g/mol.